The highest BCUT2D eigenvalue weighted by molar-refractivity contribution is 7.92. The van der Waals surface area contributed by atoms with Gasteiger partial charge in [0.1, 0.15) is 10.0 Å². The van der Waals surface area contributed by atoms with Crippen molar-refractivity contribution >= 4 is 38.2 Å². The summed E-state index contributed by atoms with van der Waals surface area (Å²) in [6, 6.07) is 5.10. The average Bonchev–Trinajstić information content (AvgIpc) is 2.94. The maximum atomic E-state index is 12.5. The lowest BCUT2D eigenvalue weighted by molar-refractivity contribution is 0.600. The van der Waals surface area contributed by atoms with E-state index in [1.807, 2.05) is 0 Å². The number of hydrogen-bond acceptors (Lipinski definition) is 4. The summed E-state index contributed by atoms with van der Waals surface area (Å²) in [7, 11) is -2.22. The summed E-state index contributed by atoms with van der Waals surface area (Å²) in [5, 5.41) is 11.7. The number of benzene rings is 1. The van der Waals surface area contributed by atoms with Gasteiger partial charge in [0.25, 0.3) is 10.0 Å². The lowest BCUT2D eigenvalue weighted by atomic mass is 10.2. The van der Waals surface area contributed by atoms with E-state index in [1.165, 1.54) is 4.68 Å². The Labute approximate surface area is 126 Å². The highest BCUT2D eigenvalue weighted by Gasteiger charge is 2.25. The van der Waals surface area contributed by atoms with Gasteiger partial charge >= 0.3 is 0 Å². The quantitative estimate of drug-likeness (QED) is 0.771. The molecule has 9 heteroatoms. The molecule has 0 aliphatic carbocycles. The molecule has 3 rings (SSSR count). The number of halogens is 1. The van der Waals surface area contributed by atoms with Crippen LogP contribution < -0.4 is 4.72 Å². The van der Waals surface area contributed by atoms with Gasteiger partial charge in [0.05, 0.1) is 23.1 Å². The van der Waals surface area contributed by atoms with E-state index in [9.17, 15) is 8.42 Å². The van der Waals surface area contributed by atoms with E-state index >= 15 is 0 Å². The van der Waals surface area contributed by atoms with Crippen molar-refractivity contribution < 1.29 is 8.42 Å². The number of nitrogens with zero attached hydrogens (tertiary/aromatic N) is 3. The van der Waals surface area contributed by atoms with Crippen molar-refractivity contribution in [2.45, 2.75) is 11.8 Å². The molecule has 3 aromatic rings. The van der Waals surface area contributed by atoms with Gasteiger partial charge < -0.3 is 0 Å². The zero-order valence-electron chi connectivity index (χ0n) is 11.3. The summed E-state index contributed by atoms with van der Waals surface area (Å²) in [6.45, 7) is 1.60. The van der Waals surface area contributed by atoms with Crippen molar-refractivity contribution in [2.75, 3.05) is 4.72 Å². The Morgan fingerprint density at radius 2 is 2.14 bits per heavy atom. The molecule has 0 fully saturated rings. The van der Waals surface area contributed by atoms with Crippen LogP contribution in [-0.4, -0.2) is 28.4 Å². The zero-order chi connectivity index (χ0) is 15.2. The molecule has 0 saturated carbocycles. The number of rotatable bonds is 3. The highest BCUT2D eigenvalue weighted by atomic mass is 35.5. The first-order chi connectivity index (χ1) is 9.88. The summed E-state index contributed by atoms with van der Waals surface area (Å²) in [4.78, 5) is -0.0172. The smallest absolute Gasteiger partial charge is 0.266 e. The van der Waals surface area contributed by atoms with E-state index < -0.39 is 10.0 Å². The lowest BCUT2D eigenvalue weighted by Crippen LogP contribution is -2.14. The van der Waals surface area contributed by atoms with Crippen molar-refractivity contribution in [3.05, 3.63) is 35.2 Å². The first-order valence-corrected chi connectivity index (χ1v) is 7.89. The molecule has 1 aromatic carbocycles. The van der Waals surface area contributed by atoms with Gasteiger partial charge in [-0.15, -0.1) is 0 Å². The van der Waals surface area contributed by atoms with E-state index in [0.717, 1.165) is 10.9 Å². The zero-order valence-corrected chi connectivity index (χ0v) is 12.8. The molecule has 0 bridgehead atoms. The summed E-state index contributed by atoms with van der Waals surface area (Å²) in [5.74, 6) is 0. The second-order valence-corrected chi connectivity index (χ2v) is 6.58. The van der Waals surface area contributed by atoms with Gasteiger partial charge in [-0.3, -0.25) is 14.5 Å². The molecule has 2 N–H and O–H groups in total. The van der Waals surface area contributed by atoms with Crippen LogP contribution >= 0.6 is 11.6 Å². The average molecular weight is 326 g/mol. The minimum absolute atomic E-state index is 0.0172. The number of sulfonamides is 1. The van der Waals surface area contributed by atoms with Crippen LogP contribution in [0.5, 0.6) is 0 Å². The minimum Gasteiger partial charge on any atom is -0.279 e. The first-order valence-electron chi connectivity index (χ1n) is 6.03. The van der Waals surface area contributed by atoms with Gasteiger partial charge in [-0.2, -0.15) is 10.2 Å². The Bertz CT molecular complexity index is 928. The molecule has 2 aromatic heterocycles. The van der Waals surface area contributed by atoms with Crippen LogP contribution in [0, 0.1) is 6.92 Å². The van der Waals surface area contributed by atoms with Crippen LogP contribution in [0.2, 0.25) is 5.15 Å². The van der Waals surface area contributed by atoms with Crippen molar-refractivity contribution in [2.24, 2.45) is 7.05 Å². The van der Waals surface area contributed by atoms with E-state index in [4.69, 9.17) is 11.6 Å². The maximum absolute atomic E-state index is 12.5. The molecule has 110 valence electrons. The molecule has 7 nitrogen and oxygen atoms in total. The fourth-order valence-electron chi connectivity index (χ4n) is 2.12. The Balaban J connectivity index is 2.02. The van der Waals surface area contributed by atoms with Gasteiger partial charge in [-0.25, -0.2) is 8.42 Å². The molecule has 0 radical (unpaired) electrons. The van der Waals surface area contributed by atoms with Crippen molar-refractivity contribution in [3.63, 3.8) is 0 Å². The third kappa shape index (κ3) is 2.36. The number of hydrogen-bond donors (Lipinski definition) is 2. The second-order valence-electron chi connectivity index (χ2n) is 4.61. The van der Waals surface area contributed by atoms with E-state index in [0.29, 0.717) is 11.4 Å². The predicted octanol–water partition coefficient (Wildman–Crippen LogP) is 2.06. The van der Waals surface area contributed by atoms with Crippen LogP contribution in [0.15, 0.2) is 29.3 Å². The van der Waals surface area contributed by atoms with Gasteiger partial charge in [-0.05, 0) is 25.1 Å². The Kier molecular flexibility index (Phi) is 3.14. The van der Waals surface area contributed by atoms with Crippen molar-refractivity contribution in [1.82, 2.24) is 20.0 Å². The summed E-state index contributed by atoms with van der Waals surface area (Å²) >= 11 is 6.01. The van der Waals surface area contributed by atoms with Crippen LogP contribution in [0.25, 0.3) is 10.9 Å². The van der Waals surface area contributed by atoms with Crippen LogP contribution in [-0.2, 0) is 17.1 Å². The third-order valence-electron chi connectivity index (χ3n) is 3.06. The Morgan fingerprint density at radius 1 is 1.38 bits per heavy atom. The standard InChI is InChI=1S/C12H12ClN5O2S/c1-7-11(12(13)18(2)16-7)21(19,20)17-9-4-3-8-6-14-15-10(8)5-9/h3-6,17H,1-2H3,(H,14,15). The van der Waals surface area contributed by atoms with Crippen molar-refractivity contribution in [1.29, 1.82) is 0 Å². The summed E-state index contributed by atoms with van der Waals surface area (Å²) in [6.07, 6.45) is 1.66. The fraction of sp³-hybridized carbons (Fsp3) is 0.167. The number of anilines is 1. The molecule has 0 saturated heterocycles. The van der Waals surface area contributed by atoms with Crippen molar-refractivity contribution in [3.8, 4) is 0 Å². The molecule has 0 amide bonds. The predicted molar refractivity (Wildman–Crippen MR) is 79.9 cm³/mol. The number of nitrogens with one attached hydrogen (secondary N) is 2. The largest absolute Gasteiger partial charge is 0.279 e. The summed E-state index contributed by atoms with van der Waals surface area (Å²) < 4.78 is 28.7. The Hall–Kier alpha value is -2.06. The van der Waals surface area contributed by atoms with E-state index in [2.05, 4.69) is 20.0 Å². The summed E-state index contributed by atoms with van der Waals surface area (Å²) in [5.41, 5.74) is 1.51. The first kappa shape index (κ1) is 13.9. The third-order valence-corrected chi connectivity index (χ3v) is 5.14. The minimum atomic E-state index is -3.81. The van der Waals surface area contributed by atoms with Gasteiger partial charge in [-0.1, -0.05) is 11.6 Å². The number of fused-ring (bicyclic) bond motifs is 1. The monoisotopic (exact) mass is 325 g/mol. The van der Waals surface area contributed by atoms with Crippen LogP contribution in [0.1, 0.15) is 5.69 Å². The molecular weight excluding hydrogens is 314 g/mol. The molecule has 21 heavy (non-hydrogen) atoms. The molecule has 0 spiro atoms. The van der Waals surface area contributed by atoms with Crippen LogP contribution in [0.3, 0.4) is 0 Å². The SMILES string of the molecule is Cc1nn(C)c(Cl)c1S(=O)(=O)Nc1ccc2cn[nH]c2c1. The molecule has 0 aliphatic heterocycles. The van der Waals surface area contributed by atoms with Gasteiger partial charge in [0.2, 0.25) is 0 Å². The molecular formula is C12H12ClN5O2S. The van der Waals surface area contributed by atoms with E-state index in [-0.39, 0.29) is 10.0 Å². The molecule has 2 heterocycles. The Morgan fingerprint density at radius 3 is 2.81 bits per heavy atom. The van der Waals surface area contributed by atoms with E-state index in [1.54, 1.807) is 38.4 Å². The second kappa shape index (κ2) is 4.74. The molecule has 0 unspecified atom stereocenters. The van der Waals surface area contributed by atoms with Gasteiger partial charge in [0.15, 0.2) is 0 Å². The highest BCUT2D eigenvalue weighted by Crippen LogP contribution is 2.27. The molecule has 0 aliphatic rings. The normalized spacial score (nSPS) is 12.0. The number of aryl methyl sites for hydroxylation is 2. The molecule has 0 atom stereocenters. The number of aromatic nitrogens is 4. The number of aromatic amines is 1. The van der Waals surface area contributed by atoms with Gasteiger partial charge in [0, 0.05) is 12.4 Å². The fourth-order valence-corrected chi connectivity index (χ4v) is 3.92. The lowest BCUT2D eigenvalue weighted by Gasteiger charge is -2.07. The number of H-pyrrole nitrogens is 1. The van der Waals surface area contributed by atoms with Crippen LogP contribution in [0.4, 0.5) is 5.69 Å². The topological polar surface area (TPSA) is 92.7 Å². The maximum Gasteiger partial charge on any atom is 0.266 e.